The van der Waals surface area contributed by atoms with Gasteiger partial charge in [0.05, 0.1) is 18.7 Å². The van der Waals surface area contributed by atoms with Crippen LogP contribution in [0.5, 0.6) is 17.2 Å². The number of nitriles is 1. The molecule has 0 saturated carbocycles. The van der Waals surface area contributed by atoms with Crippen LogP contribution in [0.1, 0.15) is 15.9 Å². The summed E-state index contributed by atoms with van der Waals surface area (Å²) in [6.07, 6.45) is 0. The van der Waals surface area contributed by atoms with Gasteiger partial charge in [-0.3, -0.25) is 4.79 Å². The van der Waals surface area contributed by atoms with Crippen molar-refractivity contribution in [2.24, 2.45) is 0 Å². The number of hydrogen-bond donors (Lipinski definition) is 0. The Morgan fingerprint density at radius 3 is 2.60 bits per heavy atom. The van der Waals surface area contributed by atoms with Crippen LogP contribution in [0.3, 0.4) is 0 Å². The molecule has 0 unspecified atom stereocenters. The zero-order valence-corrected chi connectivity index (χ0v) is 13.9. The summed E-state index contributed by atoms with van der Waals surface area (Å²) in [5.74, 6) is -1.48. The number of fused-ring (bicyclic) bond motifs is 1. The minimum atomic E-state index is -3.93. The van der Waals surface area contributed by atoms with Gasteiger partial charge in [-0.05, 0) is 24.3 Å². The molecule has 128 valence electrons. The zero-order chi connectivity index (χ0) is 18.4. The molecule has 0 aliphatic carbocycles. The summed E-state index contributed by atoms with van der Waals surface area (Å²) in [4.78, 5) is 12.1. The third-order valence-corrected chi connectivity index (χ3v) is 5.44. The predicted molar refractivity (Wildman–Crippen MR) is 83.5 cm³/mol. The Bertz CT molecular complexity index is 1040. The smallest absolute Gasteiger partial charge is 0.272 e. The van der Waals surface area contributed by atoms with Gasteiger partial charge >= 0.3 is 0 Å². The van der Waals surface area contributed by atoms with Crippen LogP contribution in [0.25, 0.3) is 0 Å². The number of rotatable bonds is 3. The summed E-state index contributed by atoms with van der Waals surface area (Å²) < 4.78 is 49.2. The quantitative estimate of drug-likeness (QED) is 0.831. The molecule has 3 rings (SSSR count). The first-order valence-corrected chi connectivity index (χ1v) is 8.36. The molecule has 1 aliphatic rings. The highest BCUT2D eigenvalue weighted by molar-refractivity contribution is 7.90. The van der Waals surface area contributed by atoms with Crippen molar-refractivity contribution in [1.82, 2.24) is 4.31 Å². The summed E-state index contributed by atoms with van der Waals surface area (Å²) in [5.41, 5.74) is -0.104. The molecule has 0 bridgehead atoms. The lowest BCUT2D eigenvalue weighted by Crippen LogP contribution is -2.24. The van der Waals surface area contributed by atoms with Crippen LogP contribution >= 0.6 is 0 Å². The SMILES string of the molecule is COc1c(Oc2cc(F)cc(C#N)c2)ccc2c1C(=O)N(C)S2(=O)=O. The first-order valence-electron chi connectivity index (χ1n) is 6.92. The Balaban J connectivity index is 2.14. The van der Waals surface area contributed by atoms with Crippen molar-refractivity contribution in [3.05, 3.63) is 47.3 Å². The average molecular weight is 362 g/mol. The van der Waals surface area contributed by atoms with Crippen LogP contribution in [0.15, 0.2) is 35.2 Å². The van der Waals surface area contributed by atoms with E-state index in [4.69, 9.17) is 14.7 Å². The number of amides is 1. The van der Waals surface area contributed by atoms with Gasteiger partial charge in [0.2, 0.25) is 0 Å². The van der Waals surface area contributed by atoms with Gasteiger partial charge in [0, 0.05) is 13.1 Å². The molecule has 1 heterocycles. The van der Waals surface area contributed by atoms with Crippen molar-refractivity contribution < 1.29 is 27.1 Å². The first kappa shape index (κ1) is 16.7. The molecule has 0 atom stereocenters. The predicted octanol–water partition coefficient (Wildman–Crippen LogP) is 2.27. The maximum atomic E-state index is 13.5. The lowest BCUT2D eigenvalue weighted by Gasteiger charge is -2.12. The highest BCUT2D eigenvalue weighted by Gasteiger charge is 2.42. The summed E-state index contributed by atoms with van der Waals surface area (Å²) >= 11 is 0. The maximum absolute atomic E-state index is 13.5. The fraction of sp³-hybridized carbons (Fsp3) is 0.125. The molecule has 0 radical (unpaired) electrons. The van der Waals surface area contributed by atoms with Gasteiger partial charge in [-0.15, -0.1) is 0 Å². The standard InChI is InChI=1S/C16H11FN2O5S/c1-19-16(20)14-13(25(19,21)22)4-3-12(15(14)23-2)24-11-6-9(8-18)5-10(17)7-11/h3-7H,1-2H3. The molecular formula is C16H11FN2O5S. The lowest BCUT2D eigenvalue weighted by molar-refractivity contribution is 0.0888. The van der Waals surface area contributed by atoms with Crippen LogP contribution in [-0.2, 0) is 10.0 Å². The topological polar surface area (TPSA) is 96.7 Å². The molecule has 0 N–H and O–H groups in total. The number of hydrogen-bond acceptors (Lipinski definition) is 6. The molecule has 0 spiro atoms. The lowest BCUT2D eigenvalue weighted by atomic mass is 10.1. The van der Waals surface area contributed by atoms with E-state index >= 15 is 0 Å². The summed E-state index contributed by atoms with van der Waals surface area (Å²) in [6.45, 7) is 0. The van der Waals surface area contributed by atoms with Gasteiger partial charge in [-0.25, -0.2) is 17.1 Å². The van der Waals surface area contributed by atoms with E-state index in [1.807, 2.05) is 0 Å². The molecule has 25 heavy (non-hydrogen) atoms. The number of ether oxygens (including phenoxy) is 2. The van der Waals surface area contributed by atoms with E-state index in [1.54, 1.807) is 6.07 Å². The van der Waals surface area contributed by atoms with Crippen molar-refractivity contribution in [2.45, 2.75) is 4.90 Å². The summed E-state index contributed by atoms with van der Waals surface area (Å²) in [7, 11) is -1.53. The number of sulfonamides is 1. The maximum Gasteiger partial charge on any atom is 0.272 e. The van der Waals surface area contributed by atoms with Crippen LogP contribution in [0.2, 0.25) is 0 Å². The van der Waals surface area contributed by atoms with E-state index in [0.717, 1.165) is 19.2 Å². The summed E-state index contributed by atoms with van der Waals surface area (Å²) in [6, 6.07) is 7.72. The minimum Gasteiger partial charge on any atom is -0.492 e. The molecular weight excluding hydrogens is 351 g/mol. The molecule has 2 aromatic carbocycles. The third kappa shape index (κ3) is 2.56. The van der Waals surface area contributed by atoms with Crippen molar-refractivity contribution in [3.63, 3.8) is 0 Å². The van der Waals surface area contributed by atoms with Gasteiger partial charge in [-0.1, -0.05) is 0 Å². The number of methoxy groups -OCH3 is 1. The van der Waals surface area contributed by atoms with E-state index < -0.39 is 21.7 Å². The molecule has 0 saturated heterocycles. The number of carbonyl (C=O) groups is 1. The van der Waals surface area contributed by atoms with Crippen molar-refractivity contribution in [3.8, 4) is 23.3 Å². The second-order valence-electron chi connectivity index (χ2n) is 5.14. The van der Waals surface area contributed by atoms with Crippen molar-refractivity contribution in [2.75, 3.05) is 14.2 Å². The second-order valence-corrected chi connectivity index (χ2v) is 7.07. The normalized spacial score (nSPS) is 14.8. The van der Waals surface area contributed by atoms with Gasteiger partial charge in [0.25, 0.3) is 15.9 Å². The Labute approximate surface area is 142 Å². The summed E-state index contributed by atoms with van der Waals surface area (Å²) in [5, 5.41) is 8.89. The van der Waals surface area contributed by atoms with E-state index in [1.165, 1.54) is 25.3 Å². The molecule has 1 amide bonds. The van der Waals surface area contributed by atoms with Crippen molar-refractivity contribution >= 4 is 15.9 Å². The van der Waals surface area contributed by atoms with Crippen molar-refractivity contribution in [1.29, 1.82) is 5.26 Å². The molecule has 9 heteroatoms. The van der Waals surface area contributed by atoms with Gasteiger partial charge in [-0.2, -0.15) is 5.26 Å². The zero-order valence-electron chi connectivity index (χ0n) is 13.1. The Hall–Kier alpha value is -3.12. The molecule has 0 aromatic heterocycles. The van der Waals surface area contributed by atoms with Crippen LogP contribution in [-0.4, -0.2) is 32.8 Å². The fourth-order valence-corrected chi connectivity index (χ4v) is 3.76. The third-order valence-electron chi connectivity index (χ3n) is 3.65. The van der Waals surface area contributed by atoms with Gasteiger partial charge in [0.1, 0.15) is 22.0 Å². The van der Waals surface area contributed by atoms with E-state index in [2.05, 4.69) is 0 Å². The van der Waals surface area contributed by atoms with E-state index in [0.29, 0.717) is 4.31 Å². The highest BCUT2D eigenvalue weighted by Crippen LogP contribution is 2.42. The molecule has 2 aromatic rings. The van der Waals surface area contributed by atoms with Crippen LogP contribution < -0.4 is 9.47 Å². The number of benzene rings is 2. The van der Waals surface area contributed by atoms with Crippen LogP contribution in [0.4, 0.5) is 4.39 Å². The van der Waals surface area contributed by atoms with Crippen LogP contribution in [0, 0.1) is 17.1 Å². The van der Waals surface area contributed by atoms with E-state index in [-0.39, 0.29) is 33.3 Å². The second kappa shape index (κ2) is 5.75. The number of nitrogens with zero attached hydrogens (tertiary/aromatic N) is 2. The molecule has 0 fully saturated rings. The monoisotopic (exact) mass is 362 g/mol. The van der Waals surface area contributed by atoms with Gasteiger partial charge in [0.15, 0.2) is 11.5 Å². The average Bonchev–Trinajstić information content (AvgIpc) is 2.75. The largest absolute Gasteiger partial charge is 0.492 e. The fourth-order valence-electron chi connectivity index (χ4n) is 2.47. The van der Waals surface area contributed by atoms with E-state index in [9.17, 15) is 17.6 Å². The molecule has 1 aliphatic heterocycles. The van der Waals surface area contributed by atoms with Gasteiger partial charge < -0.3 is 9.47 Å². The molecule has 7 nitrogen and oxygen atoms in total. The Kier molecular flexibility index (Phi) is 3.85. The number of carbonyl (C=O) groups excluding carboxylic acids is 1. The minimum absolute atomic E-state index is 0.0106. The Morgan fingerprint density at radius 1 is 1.24 bits per heavy atom. The highest BCUT2D eigenvalue weighted by atomic mass is 32.2. The Morgan fingerprint density at radius 2 is 1.96 bits per heavy atom. The first-order chi connectivity index (χ1) is 11.8. The number of halogens is 1.